The van der Waals surface area contributed by atoms with Gasteiger partial charge in [0.05, 0.1) is 5.69 Å². The van der Waals surface area contributed by atoms with Gasteiger partial charge in [0, 0.05) is 16.1 Å². The molecular weight excluding hydrogens is 381 g/mol. The van der Waals surface area contributed by atoms with E-state index in [0.717, 1.165) is 6.07 Å². The van der Waals surface area contributed by atoms with Crippen LogP contribution >= 0.6 is 11.6 Å². The number of benzene rings is 2. The van der Waals surface area contributed by atoms with Crippen molar-refractivity contribution in [1.29, 1.82) is 0 Å². The highest BCUT2D eigenvalue weighted by Crippen LogP contribution is 2.31. The maximum atomic E-state index is 13.3. The van der Waals surface area contributed by atoms with Crippen molar-refractivity contribution in [1.82, 2.24) is 9.97 Å². The predicted molar refractivity (Wildman–Crippen MR) is 95.4 cm³/mol. The van der Waals surface area contributed by atoms with E-state index in [9.17, 15) is 18.3 Å². The Hall–Kier alpha value is -3.13. The van der Waals surface area contributed by atoms with Crippen molar-refractivity contribution in [3.05, 3.63) is 76.7 Å². The van der Waals surface area contributed by atoms with Crippen LogP contribution in [0.3, 0.4) is 0 Å². The average Bonchev–Trinajstić information content (AvgIpc) is 2.63. The van der Waals surface area contributed by atoms with Crippen LogP contribution in [0, 0.1) is 0 Å². The van der Waals surface area contributed by atoms with Crippen molar-refractivity contribution in [3.63, 3.8) is 0 Å². The molecule has 1 aromatic heterocycles. The largest absolute Gasteiger partial charge is 0.508 e. The number of nitrogens with zero attached hydrogens (tertiary/aromatic N) is 3. The SMILES string of the molecule is N/N=C(\c1ccc(O)cc1)c1nc(-c2ccc(Cl)cc2)cc(C(F)(F)F)n1. The number of alkyl halides is 3. The molecule has 0 spiro atoms. The third kappa shape index (κ3) is 4.17. The number of phenolic OH excluding ortho intramolecular Hbond substituents is 1. The Bertz CT molecular complexity index is 987. The summed E-state index contributed by atoms with van der Waals surface area (Å²) in [5.74, 6) is 5.09. The Morgan fingerprint density at radius 1 is 1.00 bits per heavy atom. The van der Waals surface area contributed by atoms with Crippen molar-refractivity contribution in [2.45, 2.75) is 6.18 Å². The minimum Gasteiger partial charge on any atom is -0.508 e. The number of hydrogen-bond acceptors (Lipinski definition) is 5. The summed E-state index contributed by atoms with van der Waals surface area (Å²) in [5, 5.41) is 13.4. The van der Waals surface area contributed by atoms with Crippen molar-refractivity contribution >= 4 is 17.3 Å². The third-order valence-electron chi connectivity index (χ3n) is 3.64. The fourth-order valence-electron chi connectivity index (χ4n) is 2.35. The second kappa shape index (κ2) is 7.24. The predicted octanol–water partition coefficient (Wildman–Crippen LogP) is 4.23. The van der Waals surface area contributed by atoms with E-state index in [4.69, 9.17) is 17.4 Å². The molecule has 0 aliphatic rings. The van der Waals surface area contributed by atoms with Crippen LogP contribution in [-0.4, -0.2) is 20.8 Å². The van der Waals surface area contributed by atoms with E-state index in [-0.39, 0.29) is 23.0 Å². The fraction of sp³-hybridized carbons (Fsp3) is 0.0556. The van der Waals surface area contributed by atoms with E-state index in [0.29, 0.717) is 16.1 Å². The molecule has 0 radical (unpaired) electrons. The zero-order valence-electron chi connectivity index (χ0n) is 13.6. The molecule has 3 N–H and O–H groups in total. The van der Waals surface area contributed by atoms with Crippen molar-refractivity contribution in [3.8, 4) is 17.0 Å². The maximum absolute atomic E-state index is 13.3. The van der Waals surface area contributed by atoms with Crippen LogP contribution in [0.2, 0.25) is 5.02 Å². The summed E-state index contributed by atoms with van der Waals surface area (Å²) in [4.78, 5) is 7.77. The Balaban J connectivity index is 2.17. The van der Waals surface area contributed by atoms with Crippen LogP contribution in [0.5, 0.6) is 5.75 Å². The summed E-state index contributed by atoms with van der Waals surface area (Å²) in [6, 6.07) is 12.6. The van der Waals surface area contributed by atoms with Gasteiger partial charge in [-0.2, -0.15) is 18.3 Å². The first-order valence-electron chi connectivity index (χ1n) is 7.58. The van der Waals surface area contributed by atoms with E-state index < -0.39 is 11.9 Å². The van der Waals surface area contributed by atoms with Gasteiger partial charge in [0.1, 0.15) is 17.2 Å². The summed E-state index contributed by atoms with van der Waals surface area (Å²) in [6.07, 6.45) is -4.69. The molecule has 5 nitrogen and oxygen atoms in total. The van der Waals surface area contributed by atoms with Gasteiger partial charge in [0.2, 0.25) is 0 Å². The Morgan fingerprint density at radius 3 is 2.19 bits per heavy atom. The van der Waals surface area contributed by atoms with E-state index >= 15 is 0 Å². The first-order valence-corrected chi connectivity index (χ1v) is 7.95. The molecule has 2 aromatic carbocycles. The number of halogens is 4. The van der Waals surface area contributed by atoms with Gasteiger partial charge in [-0.1, -0.05) is 23.7 Å². The molecule has 9 heteroatoms. The quantitative estimate of drug-likeness (QED) is 0.397. The highest BCUT2D eigenvalue weighted by molar-refractivity contribution is 6.30. The Morgan fingerprint density at radius 2 is 1.63 bits per heavy atom. The lowest BCUT2D eigenvalue weighted by Gasteiger charge is -2.12. The summed E-state index contributed by atoms with van der Waals surface area (Å²) in [6.45, 7) is 0. The third-order valence-corrected chi connectivity index (χ3v) is 3.89. The van der Waals surface area contributed by atoms with Crippen LogP contribution in [0.25, 0.3) is 11.3 Å². The van der Waals surface area contributed by atoms with Crippen LogP contribution in [0.1, 0.15) is 17.1 Å². The molecule has 0 amide bonds. The molecule has 0 unspecified atom stereocenters. The molecule has 3 rings (SSSR count). The highest BCUT2D eigenvalue weighted by Gasteiger charge is 2.34. The molecule has 138 valence electrons. The van der Waals surface area contributed by atoms with Crippen molar-refractivity contribution in [2.24, 2.45) is 10.9 Å². The molecule has 0 aliphatic carbocycles. The lowest BCUT2D eigenvalue weighted by Crippen LogP contribution is -2.17. The lowest BCUT2D eigenvalue weighted by atomic mass is 10.1. The summed E-state index contributed by atoms with van der Waals surface area (Å²) >= 11 is 5.83. The number of phenols is 1. The topological polar surface area (TPSA) is 84.4 Å². The van der Waals surface area contributed by atoms with Crippen LogP contribution in [0.15, 0.2) is 59.7 Å². The summed E-state index contributed by atoms with van der Waals surface area (Å²) in [5.41, 5.74) is -0.343. The van der Waals surface area contributed by atoms with Gasteiger partial charge in [-0.15, -0.1) is 0 Å². The highest BCUT2D eigenvalue weighted by atomic mass is 35.5. The molecule has 3 aromatic rings. The molecule has 0 aliphatic heterocycles. The zero-order chi connectivity index (χ0) is 19.6. The number of hydrogen-bond donors (Lipinski definition) is 2. The average molecular weight is 393 g/mol. The van der Waals surface area contributed by atoms with Crippen LogP contribution in [0.4, 0.5) is 13.2 Å². The second-order valence-corrected chi connectivity index (χ2v) is 5.93. The zero-order valence-corrected chi connectivity index (χ0v) is 14.3. The lowest BCUT2D eigenvalue weighted by molar-refractivity contribution is -0.141. The standard InChI is InChI=1S/C18H12ClF3N4O/c19-12-5-1-10(2-6-12)14-9-15(18(20,21)22)25-17(24-14)16(26-23)11-3-7-13(27)8-4-11/h1-9,27H,23H2/b26-16+. The number of aromatic nitrogens is 2. The molecule has 0 bridgehead atoms. The number of hydrazone groups is 1. The van der Waals surface area contributed by atoms with Crippen molar-refractivity contribution in [2.75, 3.05) is 0 Å². The number of aromatic hydroxyl groups is 1. The fourth-order valence-corrected chi connectivity index (χ4v) is 2.47. The van der Waals surface area contributed by atoms with E-state index in [1.165, 1.54) is 24.3 Å². The van der Waals surface area contributed by atoms with E-state index in [1.54, 1.807) is 24.3 Å². The molecule has 27 heavy (non-hydrogen) atoms. The van der Waals surface area contributed by atoms with Crippen LogP contribution in [-0.2, 0) is 6.18 Å². The summed E-state index contributed by atoms with van der Waals surface area (Å²) in [7, 11) is 0. The maximum Gasteiger partial charge on any atom is 0.433 e. The first-order chi connectivity index (χ1) is 12.8. The first kappa shape index (κ1) is 18.7. The van der Waals surface area contributed by atoms with Crippen molar-refractivity contribution < 1.29 is 18.3 Å². The monoisotopic (exact) mass is 392 g/mol. The number of nitrogens with two attached hydrogens (primary N) is 1. The Kier molecular flexibility index (Phi) is 5.00. The number of rotatable bonds is 3. The van der Waals surface area contributed by atoms with Gasteiger partial charge < -0.3 is 10.9 Å². The van der Waals surface area contributed by atoms with Gasteiger partial charge in [0.25, 0.3) is 0 Å². The second-order valence-electron chi connectivity index (χ2n) is 5.49. The molecular formula is C18H12ClF3N4O. The van der Waals surface area contributed by atoms with Gasteiger partial charge in [-0.25, -0.2) is 9.97 Å². The minimum atomic E-state index is -4.69. The van der Waals surface area contributed by atoms with Gasteiger partial charge in [-0.05, 0) is 42.5 Å². The smallest absolute Gasteiger partial charge is 0.433 e. The minimum absolute atomic E-state index is 0.0121. The Labute approximate surface area is 157 Å². The van der Waals surface area contributed by atoms with Gasteiger partial charge in [-0.3, -0.25) is 0 Å². The summed E-state index contributed by atoms with van der Waals surface area (Å²) < 4.78 is 40.0. The molecule has 0 saturated heterocycles. The van der Waals surface area contributed by atoms with Gasteiger partial charge >= 0.3 is 6.18 Å². The van der Waals surface area contributed by atoms with E-state index in [2.05, 4.69) is 15.1 Å². The molecule has 0 fully saturated rings. The van der Waals surface area contributed by atoms with Gasteiger partial charge in [0.15, 0.2) is 5.82 Å². The van der Waals surface area contributed by atoms with Crippen LogP contribution < -0.4 is 5.84 Å². The van der Waals surface area contributed by atoms with E-state index in [1.807, 2.05) is 0 Å². The normalized spacial score (nSPS) is 12.2. The molecule has 0 atom stereocenters. The molecule has 0 saturated carbocycles. The molecule has 1 heterocycles.